The first-order valence-corrected chi connectivity index (χ1v) is 7.08. The first kappa shape index (κ1) is 14.0. The smallest absolute Gasteiger partial charge is 0.273 e. The molecule has 0 radical (unpaired) electrons. The van der Waals surface area contributed by atoms with Crippen molar-refractivity contribution in [1.82, 2.24) is 20.0 Å². The quantitative estimate of drug-likeness (QED) is 0.900. The summed E-state index contributed by atoms with van der Waals surface area (Å²) in [4.78, 5) is 25.2. The monoisotopic (exact) mass is 328 g/mol. The highest BCUT2D eigenvalue weighted by molar-refractivity contribution is 9.10. The molecule has 6 nitrogen and oxygen atoms in total. The van der Waals surface area contributed by atoms with Gasteiger partial charge in [0, 0.05) is 38.8 Å². The summed E-state index contributed by atoms with van der Waals surface area (Å²) >= 11 is 3.34. The number of carbonyl (C=O) groups excluding carboxylic acids is 2. The number of likely N-dealkylation sites (N-methyl/N-ethyl adjacent to an activating group) is 1. The van der Waals surface area contributed by atoms with Crippen LogP contribution in [0, 0.1) is 0 Å². The van der Waals surface area contributed by atoms with Crippen molar-refractivity contribution >= 4 is 27.7 Å². The molecule has 1 aliphatic heterocycles. The normalized spacial score (nSPS) is 19.6. The average Bonchev–Trinajstić information content (AvgIpc) is 2.75. The zero-order valence-electron chi connectivity index (χ0n) is 11.0. The van der Waals surface area contributed by atoms with Crippen LogP contribution in [0.3, 0.4) is 0 Å². The van der Waals surface area contributed by atoms with Crippen LogP contribution in [0.25, 0.3) is 0 Å². The summed E-state index contributed by atoms with van der Waals surface area (Å²) < 4.78 is 2.39. The number of aromatic nitrogens is 2. The number of aryl methyl sites for hydroxylation is 1. The van der Waals surface area contributed by atoms with Gasteiger partial charge in [-0.1, -0.05) is 0 Å². The molecule has 1 fully saturated rings. The van der Waals surface area contributed by atoms with Gasteiger partial charge in [0.25, 0.3) is 5.91 Å². The summed E-state index contributed by atoms with van der Waals surface area (Å²) in [6.45, 7) is 3.23. The standard InChI is InChI=1S/C12H17BrN4O2/c1-3-17-7-9(13)11(15-17)12(19)14-8-4-5-10(18)16(2)6-8/h7-8H,3-6H2,1-2H3,(H,14,19). The van der Waals surface area contributed by atoms with E-state index in [1.54, 1.807) is 22.8 Å². The van der Waals surface area contributed by atoms with E-state index >= 15 is 0 Å². The molecule has 0 aromatic carbocycles. The predicted molar refractivity (Wildman–Crippen MR) is 73.7 cm³/mol. The maximum absolute atomic E-state index is 12.1. The van der Waals surface area contributed by atoms with Crippen LogP contribution >= 0.6 is 15.9 Å². The Balaban J connectivity index is 2.01. The topological polar surface area (TPSA) is 67.2 Å². The molecule has 1 aromatic heterocycles. The van der Waals surface area contributed by atoms with Crippen LogP contribution < -0.4 is 5.32 Å². The van der Waals surface area contributed by atoms with Crippen molar-refractivity contribution in [3.05, 3.63) is 16.4 Å². The molecule has 1 aromatic rings. The molecule has 19 heavy (non-hydrogen) atoms. The molecule has 2 amide bonds. The number of likely N-dealkylation sites (tertiary alicyclic amines) is 1. The van der Waals surface area contributed by atoms with Crippen molar-refractivity contribution in [2.24, 2.45) is 0 Å². The van der Waals surface area contributed by atoms with E-state index in [1.807, 2.05) is 6.92 Å². The minimum atomic E-state index is -0.202. The van der Waals surface area contributed by atoms with Gasteiger partial charge in [-0.15, -0.1) is 0 Å². The number of nitrogens with zero attached hydrogens (tertiary/aromatic N) is 3. The molecule has 7 heteroatoms. The van der Waals surface area contributed by atoms with Crippen molar-refractivity contribution in [1.29, 1.82) is 0 Å². The zero-order chi connectivity index (χ0) is 14.0. The van der Waals surface area contributed by atoms with Crippen LogP contribution in [-0.4, -0.2) is 46.1 Å². The number of piperidine rings is 1. The summed E-state index contributed by atoms with van der Waals surface area (Å²) in [5.74, 6) is -0.0752. The number of hydrogen-bond acceptors (Lipinski definition) is 3. The number of hydrogen-bond donors (Lipinski definition) is 1. The highest BCUT2D eigenvalue weighted by Gasteiger charge is 2.25. The molecule has 0 aliphatic carbocycles. The van der Waals surface area contributed by atoms with Gasteiger partial charge in [0.05, 0.1) is 4.47 Å². The molecule has 1 N–H and O–H groups in total. The van der Waals surface area contributed by atoms with E-state index < -0.39 is 0 Å². The Labute approximate surface area is 120 Å². The molecule has 1 atom stereocenters. The molecule has 1 aliphatic rings. The van der Waals surface area contributed by atoms with Gasteiger partial charge in [0.2, 0.25) is 5.91 Å². The van der Waals surface area contributed by atoms with Crippen molar-refractivity contribution in [3.63, 3.8) is 0 Å². The zero-order valence-corrected chi connectivity index (χ0v) is 12.6. The van der Waals surface area contributed by atoms with E-state index in [0.717, 1.165) is 0 Å². The largest absolute Gasteiger partial charge is 0.346 e. The van der Waals surface area contributed by atoms with E-state index in [2.05, 4.69) is 26.3 Å². The maximum atomic E-state index is 12.1. The molecular formula is C12H17BrN4O2. The van der Waals surface area contributed by atoms with Crippen LogP contribution in [0.5, 0.6) is 0 Å². The highest BCUT2D eigenvalue weighted by atomic mass is 79.9. The van der Waals surface area contributed by atoms with Crippen LogP contribution in [0.1, 0.15) is 30.3 Å². The average molecular weight is 329 g/mol. The Hall–Kier alpha value is -1.37. The molecule has 1 saturated heterocycles. The SMILES string of the molecule is CCn1cc(Br)c(C(=O)NC2CCC(=O)N(C)C2)n1. The Morgan fingerprint density at radius 1 is 1.63 bits per heavy atom. The number of halogens is 1. The second-order valence-corrected chi connectivity index (χ2v) is 5.52. The number of carbonyl (C=O) groups is 2. The summed E-state index contributed by atoms with van der Waals surface area (Å²) in [7, 11) is 1.75. The van der Waals surface area contributed by atoms with Crippen LogP contribution in [-0.2, 0) is 11.3 Å². The van der Waals surface area contributed by atoms with E-state index in [4.69, 9.17) is 0 Å². The Morgan fingerprint density at radius 3 is 2.95 bits per heavy atom. The lowest BCUT2D eigenvalue weighted by atomic mass is 10.1. The van der Waals surface area contributed by atoms with Crippen molar-refractivity contribution < 1.29 is 9.59 Å². The van der Waals surface area contributed by atoms with E-state index in [-0.39, 0.29) is 17.9 Å². The summed E-state index contributed by atoms with van der Waals surface area (Å²) in [6, 6.07) is -0.00567. The highest BCUT2D eigenvalue weighted by Crippen LogP contribution is 2.16. The lowest BCUT2D eigenvalue weighted by molar-refractivity contribution is -0.132. The molecule has 0 bridgehead atoms. The Kier molecular flexibility index (Phi) is 4.24. The van der Waals surface area contributed by atoms with Gasteiger partial charge < -0.3 is 10.2 Å². The minimum Gasteiger partial charge on any atom is -0.346 e. The molecule has 0 spiro atoms. The van der Waals surface area contributed by atoms with Gasteiger partial charge in [-0.3, -0.25) is 14.3 Å². The van der Waals surface area contributed by atoms with Gasteiger partial charge in [-0.2, -0.15) is 5.10 Å². The lowest BCUT2D eigenvalue weighted by Gasteiger charge is -2.29. The van der Waals surface area contributed by atoms with E-state index in [9.17, 15) is 9.59 Å². The molecule has 1 unspecified atom stereocenters. The fourth-order valence-electron chi connectivity index (χ4n) is 2.10. The Bertz CT molecular complexity index is 500. The van der Waals surface area contributed by atoms with Crippen LogP contribution in [0.2, 0.25) is 0 Å². The third kappa shape index (κ3) is 3.15. The second-order valence-electron chi connectivity index (χ2n) is 4.66. The molecule has 104 valence electrons. The minimum absolute atomic E-state index is 0.00567. The summed E-state index contributed by atoms with van der Waals surface area (Å²) in [6.07, 6.45) is 2.94. The van der Waals surface area contributed by atoms with Crippen LogP contribution in [0.4, 0.5) is 0 Å². The third-order valence-corrected chi connectivity index (χ3v) is 3.80. The number of rotatable bonds is 3. The first-order chi connectivity index (χ1) is 9.01. The van der Waals surface area contributed by atoms with E-state index in [1.165, 1.54) is 0 Å². The van der Waals surface area contributed by atoms with E-state index in [0.29, 0.717) is 36.1 Å². The van der Waals surface area contributed by atoms with Gasteiger partial charge in [-0.05, 0) is 29.3 Å². The van der Waals surface area contributed by atoms with Gasteiger partial charge >= 0.3 is 0 Å². The molecule has 0 saturated carbocycles. The third-order valence-electron chi connectivity index (χ3n) is 3.22. The van der Waals surface area contributed by atoms with Crippen molar-refractivity contribution in [2.45, 2.75) is 32.4 Å². The number of amides is 2. The fraction of sp³-hybridized carbons (Fsp3) is 0.583. The summed E-state index contributed by atoms with van der Waals surface area (Å²) in [5, 5.41) is 7.13. The summed E-state index contributed by atoms with van der Waals surface area (Å²) in [5.41, 5.74) is 0.390. The van der Waals surface area contributed by atoms with Gasteiger partial charge in [0.15, 0.2) is 5.69 Å². The van der Waals surface area contributed by atoms with Gasteiger partial charge in [0.1, 0.15) is 0 Å². The second kappa shape index (κ2) is 5.73. The first-order valence-electron chi connectivity index (χ1n) is 6.29. The molecule has 2 rings (SSSR count). The Morgan fingerprint density at radius 2 is 2.37 bits per heavy atom. The fourth-order valence-corrected chi connectivity index (χ4v) is 2.59. The van der Waals surface area contributed by atoms with Crippen LogP contribution in [0.15, 0.2) is 10.7 Å². The maximum Gasteiger partial charge on any atom is 0.273 e. The van der Waals surface area contributed by atoms with Crippen molar-refractivity contribution in [2.75, 3.05) is 13.6 Å². The molecule has 2 heterocycles. The van der Waals surface area contributed by atoms with Crippen molar-refractivity contribution in [3.8, 4) is 0 Å². The lowest BCUT2D eigenvalue weighted by Crippen LogP contribution is -2.48. The number of nitrogens with one attached hydrogen (secondary N) is 1. The van der Waals surface area contributed by atoms with Gasteiger partial charge in [-0.25, -0.2) is 0 Å². The molecular weight excluding hydrogens is 312 g/mol. The predicted octanol–water partition coefficient (Wildman–Crippen LogP) is 1.02.